The largest absolute Gasteiger partial charge is 0.278 e. The van der Waals surface area contributed by atoms with Crippen molar-refractivity contribution in [2.45, 2.75) is 13.8 Å². The third-order valence-corrected chi connectivity index (χ3v) is 3.35. The van der Waals surface area contributed by atoms with E-state index in [0.29, 0.717) is 16.8 Å². The number of anilines is 1. The van der Waals surface area contributed by atoms with Crippen molar-refractivity contribution in [3.05, 3.63) is 29.1 Å². The van der Waals surface area contributed by atoms with Gasteiger partial charge in [-0.3, -0.25) is 15.1 Å². The Labute approximate surface area is 97.1 Å². The summed E-state index contributed by atoms with van der Waals surface area (Å²) in [6.07, 6.45) is 0. The Kier molecular flexibility index (Phi) is 2.71. The summed E-state index contributed by atoms with van der Waals surface area (Å²) in [5, 5.41) is 7.88. The fourth-order valence-electron chi connectivity index (χ4n) is 1.62. The lowest BCUT2D eigenvalue weighted by Crippen LogP contribution is -2.29. The van der Waals surface area contributed by atoms with Crippen LogP contribution >= 0.6 is 11.8 Å². The van der Waals surface area contributed by atoms with Gasteiger partial charge in [-0.05, 0) is 37.1 Å². The molecule has 1 heterocycles. The first-order chi connectivity index (χ1) is 7.50. The fourth-order valence-corrected chi connectivity index (χ4v) is 2.34. The molecule has 1 saturated heterocycles. The Morgan fingerprint density at radius 3 is 2.62 bits per heavy atom. The van der Waals surface area contributed by atoms with Gasteiger partial charge in [0, 0.05) is 0 Å². The molecule has 84 valence electrons. The highest BCUT2D eigenvalue weighted by atomic mass is 32.2. The summed E-state index contributed by atoms with van der Waals surface area (Å²) in [7, 11) is 0. The zero-order valence-electron chi connectivity index (χ0n) is 9.00. The lowest BCUT2D eigenvalue weighted by molar-refractivity contribution is -0.115. The number of hydrogen-bond acceptors (Lipinski definition) is 3. The Hall–Kier alpha value is -1.36. The molecule has 16 heavy (non-hydrogen) atoms. The number of nitrogens with zero attached hydrogens (tertiary/aromatic N) is 1. The summed E-state index contributed by atoms with van der Waals surface area (Å²) >= 11 is 1.19. The molecule has 1 amide bonds. The van der Waals surface area contributed by atoms with Crippen LogP contribution in [0.15, 0.2) is 12.1 Å². The molecule has 0 spiro atoms. The molecular weight excluding hydrogens is 227 g/mol. The van der Waals surface area contributed by atoms with Crippen molar-refractivity contribution in [1.82, 2.24) is 0 Å². The van der Waals surface area contributed by atoms with Crippen LogP contribution in [0.2, 0.25) is 0 Å². The van der Waals surface area contributed by atoms with Gasteiger partial charge in [-0.1, -0.05) is 11.8 Å². The molecule has 0 aliphatic carbocycles. The highest BCUT2D eigenvalue weighted by Gasteiger charge is 2.29. The molecule has 0 bridgehead atoms. The zero-order chi connectivity index (χ0) is 11.9. The molecule has 1 aromatic rings. The number of thioether (sulfide) groups is 1. The summed E-state index contributed by atoms with van der Waals surface area (Å²) in [5.41, 5.74) is 1.76. The van der Waals surface area contributed by atoms with E-state index in [2.05, 4.69) is 0 Å². The van der Waals surface area contributed by atoms with E-state index in [0.717, 1.165) is 0 Å². The van der Waals surface area contributed by atoms with Gasteiger partial charge in [-0.15, -0.1) is 0 Å². The molecule has 1 aliphatic heterocycles. The van der Waals surface area contributed by atoms with Gasteiger partial charge >= 0.3 is 0 Å². The topological polar surface area (TPSA) is 44.2 Å². The second kappa shape index (κ2) is 3.90. The number of carbonyl (C=O) groups is 1. The molecule has 0 radical (unpaired) electrons. The van der Waals surface area contributed by atoms with E-state index in [9.17, 15) is 9.18 Å². The second-order valence-electron chi connectivity index (χ2n) is 3.71. The van der Waals surface area contributed by atoms with E-state index in [1.54, 1.807) is 19.9 Å². The smallest absolute Gasteiger partial charge is 0.243 e. The number of carbonyl (C=O) groups excluding carboxylic acids is 1. The number of rotatable bonds is 1. The minimum atomic E-state index is -0.285. The van der Waals surface area contributed by atoms with Crippen molar-refractivity contribution in [2.24, 2.45) is 0 Å². The average molecular weight is 238 g/mol. The van der Waals surface area contributed by atoms with Gasteiger partial charge in [0.05, 0.1) is 11.4 Å². The maximum absolute atomic E-state index is 13.3. The number of halogens is 1. The van der Waals surface area contributed by atoms with Crippen LogP contribution in [0.4, 0.5) is 10.1 Å². The Bertz CT molecular complexity index is 471. The Morgan fingerprint density at radius 1 is 1.38 bits per heavy atom. The van der Waals surface area contributed by atoms with Crippen molar-refractivity contribution in [3.8, 4) is 0 Å². The van der Waals surface area contributed by atoms with E-state index >= 15 is 0 Å². The molecule has 1 N–H and O–H groups in total. The summed E-state index contributed by atoms with van der Waals surface area (Å²) in [6, 6.07) is 3.01. The second-order valence-corrected chi connectivity index (χ2v) is 4.67. The number of amidine groups is 1. The molecule has 1 aromatic carbocycles. The minimum absolute atomic E-state index is 0.121. The van der Waals surface area contributed by atoms with E-state index in [1.165, 1.54) is 22.7 Å². The first-order valence-electron chi connectivity index (χ1n) is 4.81. The predicted molar refractivity (Wildman–Crippen MR) is 63.5 cm³/mol. The Balaban J connectivity index is 2.51. The van der Waals surface area contributed by atoms with Crippen LogP contribution in [0, 0.1) is 25.1 Å². The minimum Gasteiger partial charge on any atom is -0.278 e. The van der Waals surface area contributed by atoms with E-state index in [-0.39, 0.29) is 22.6 Å². The third kappa shape index (κ3) is 1.71. The quantitative estimate of drug-likeness (QED) is 0.816. The molecule has 0 saturated carbocycles. The van der Waals surface area contributed by atoms with Crippen LogP contribution in [0.25, 0.3) is 0 Å². The molecule has 5 heteroatoms. The summed E-state index contributed by atoms with van der Waals surface area (Å²) in [6.45, 7) is 3.39. The highest BCUT2D eigenvalue weighted by molar-refractivity contribution is 8.15. The average Bonchev–Trinajstić information content (AvgIpc) is 2.53. The van der Waals surface area contributed by atoms with E-state index < -0.39 is 0 Å². The van der Waals surface area contributed by atoms with Crippen LogP contribution in [-0.4, -0.2) is 16.8 Å². The lowest BCUT2D eigenvalue weighted by Gasteiger charge is -2.18. The highest BCUT2D eigenvalue weighted by Crippen LogP contribution is 2.30. The van der Waals surface area contributed by atoms with Gasteiger partial charge in [-0.2, -0.15) is 0 Å². The van der Waals surface area contributed by atoms with Crippen molar-refractivity contribution in [2.75, 3.05) is 10.7 Å². The van der Waals surface area contributed by atoms with Gasteiger partial charge < -0.3 is 0 Å². The molecule has 3 nitrogen and oxygen atoms in total. The van der Waals surface area contributed by atoms with Crippen LogP contribution in [0.5, 0.6) is 0 Å². The van der Waals surface area contributed by atoms with Crippen molar-refractivity contribution in [3.63, 3.8) is 0 Å². The lowest BCUT2D eigenvalue weighted by atomic mass is 10.1. The Morgan fingerprint density at radius 2 is 2.06 bits per heavy atom. The predicted octanol–water partition coefficient (Wildman–Crippen LogP) is 2.46. The third-order valence-electron chi connectivity index (χ3n) is 2.50. The molecule has 1 fully saturated rings. The normalized spacial score (nSPS) is 16.1. The van der Waals surface area contributed by atoms with Gasteiger partial charge in [0.2, 0.25) is 5.91 Å². The number of nitrogens with one attached hydrogen (secondary N) is 1. The summed E-state index contributed by atoms with van der Waals surface area (Å²) in [5.74, 6) is -0.120. The number of aryl methyl sites for hydroxylation is 2. The SMILES string of the molecule is Cc1cc(N2C(=N)SCC2=O)c(C)cc1F. The molecule has 2 rings (SSSR count). The van der Waals surface area contributed by atoms with Gasteiger partial charge in [0.1, 0.15) is 5.82 Å². The van der Waals surface area contributed by atoms with E-state index in [1.807, 2.05) is 0 Å². The first-order valence-corrected chi connectivity index (χ1v) is 5.80. The summed E-state index contributed by atoms with van der Waals surface area (Å²) in [4.78, 5) is 12.9. The van der Waals surface area contributed by atoms with Crippen LogP contribution in [0.3, 0.4) is 0 Å². The van der Waals surface area contributed by atoms with Gasteiger partial charge in [-0.25, -0.2) is 4.39 Å². The van der Waals surface area contributed by atoms with Gasteiger partial charge in [0.25, 0.3) is 0 Å². The van der Waals surface area contributed by atoms with Crippen LogP contribution in [-0.2, 0) is 4.79 Å². The molecule has 0 unspecified atom stereocenters. The first kappa shape index (κ1) is 11.1. The molecule has 0 atom stereocenters. The zero-order valence-corrected chi connectivity index (χ0v) is 9.82. The van der Waals surface area contributed by atoms with Crippen LogP contribution < -0.4 is 4.90 Å². The monoisotopic (exact) mass is 238 g/mol. The van der Waals surface area contributed by atoms with Gasteiger partial charge in [0.15, 0.2) is 5.17 Å². The maximum Gasteiger partial charge on any atom is 0.243 e. The molecular formula is C11H11FN2OS. The van der Waals surface area contributed by atoms with E-state index in [4.69, 9.17) is 5.41 Å². The molecule has 1 aliphatic rings. The van der Waals surface area contributed by atoms with Crippen LogP contribution in [0.1, 0.15) is 11.1 Å². The number of benzene rings is 1. The van der Waals surface area contributed by atoms with Crippen molar-refractivity contribution >= 4 is 28.5 Å². The molecule has 0 aromatic heterocycles. The van der Waals surface area contributed by atoms with Crippen molar-refractivity contribution < 1.29 is 9.18 Å². The summed E-state index contributed by atoms with van der Waals surface area (Å²) < 4.78 is 13.3. The standard InChI is InChI=1S/C11H11FN2OS/c1-6-4-9(7(2)3-8(6)12)14-10(15)5-16-11(14)13/h3-4,13H,5H2,1-2H3. The number of hydrogen-bond donors (Lipinski definition) is 1. The number of amides is 1. The maximum atomic E-state index is 13.3. The van der Waals surface area contributed by atoms with Crippen molar-refractivity contribution in [1.29, 1.82) is 5.41 Å². The fraction of sp³-hybridized carbons (Fsp3) is 0.273.